The summed E-state index contributed by atoms with van der Waals surface area (Å²) in [7, 11) is 0. The SMILES string of the molecule is CCC(OCc1ccccc1)OC(=O)C(C)(CC(C)(C)C)SC. The van der Waals surface area contributed by atoms with Gasteiger partial charge in [-0.3, -0.25) is 4.79 Å². The molecule has 1 rings (SSSR count). The molecular weight excluding hydrogens is 308 g/mol. The predicted octanol–water partition coefficient (Wildman–Crippen LogP) is 5.04. The molecule has 1 aromatic rings. The van der Waals surface area contributed by atoms with Gasteiger partial charge in [0.05, 0.1) is 6.61 Å². The Morgan fingerprint density at radius 2 is 1.78 bits per heavy atom. The molecule has 0 fully saturated rings. The smallest absolute Gasteiger partial charge is 0.324 e. The number of rotatable bonds is 8. The van der Waals surface area contributed by atoms with Crippen molar-refractivity contribution in [1.82, 2.24) is 0 Å². The third-order valence-electron chi connectivity index (χ3n) is 3.60. The molecule has 0 aliphatic carbocycles. The minimum atomic E-state index is -0.554. The Morgan fingerprint density at radius 1 is 1.17 bits per heavy atom. The Balaban J connectivity index is 2.64. The minimum Gasteiger partial charge on any atom is -0.435 e. The van der Waals surface area contributed by atoms with Gasteiger partial charge in [0.25, 0.3) is 0 Å². The van der Waals surface area contributed by atoms with Crippen molar-refractivity contribution in [3.05, 3.63) is 35.9 Å². The lowest BCUT2D eigenvalue weighted by atomic mass is 9.85. The molecule has 0 saturated heterocycles. The number of ether oxygens (including phenoxy) is 2. The van der Waals surface area contributed by atoms with Crippen LogP contribution in [0, 0.1) is 5.41 Å². The van der Waals surface area contributed by atoms with Crippen molar-refractivity contribution in [3.8, 4) is 0 Å². The van der Waals surface area contributed by atoms with Crippen molar-refractivity contribution in [2.45, 2.75) is 65.1 Å². The third-order valence-corrected chi connectivity index (χ3v) is 4.81. The van der Waals surface area contributed by atoms with Crippen molar-refractivity contribution in [3.63, 3.8) is 0 Å². The second-order valence-corrected chi connectivity index (χ2v) is 8.52. The van der Waals surface area contributed by atoms with E-state index in [1.165, 1.54) is 0 Å². The lowest BCUT2D eigenvalue weighted by molar-refractivity contribution is -0.185. The maximum atomic E-state index is 12.6. The molecule has 0 amide bonds. The molecule has 2 unspecified atom stereocenters. The van der Waals surface area contributed by atoms with Crippen LogP contribution in [0.15, 0.2) is 30.3 Å². The third kappa shape index (κ3) is 6.96. The van der Waals surface area contributed by atoms with Crippen LogP contribution >= 0.6 is 11.8 Å². The van der Waals surface area contributed by atoms with Crippen molar-refractivity contribution in [1.29, 1.82) is 0 Å². The van der Waals surface area contributed by atoms with Crippen LogP contribution in [0.3, 0.4) is 0 Å². The Labute approximate surface area is 145 Å². The van der Waals surface area contributed by atoms with Crippen molar-refractivity contribution < 1.29 is 14.3 Å². The first kappa shape index (κ1) is 20.0. The molecule has 0 heterocycles. The summed E-state index contributed by atoms with van der Waals surface area (Å²) in [5, 5.41) is 0. The first-order chi connectivity index (χ1) is 10.7. The summed E-state index contributed by atoms with van der Waals surface area (Å²) in [6, 6.07) is 9.91. The maximum Gasteiger partial charge on any atom is 0.324 e. The normalized spacial score (nSPS) is 15.7. The van der Waals surface area contributed by atoms with Gasteiger partial charge in [-0.05, 0) is 30.6 Å². The summed E-state index contributed by atoms with van der Waals surface area (Å²) >= 11 is 1.54. The fourth-order valence-electron chi connectivity index (χ4n) is 2.48. The number of thioether (sulfide) groups is 1. The Hall–Kier alpha value is -1.000. The molecular formula is C19H30O3S. The average Bonchev–Trinajstić information content (AvgIpc) is 2.50. The lowest BCUT2D eigenvalue weighted by Gasteiger charge is -2.33. The van der Waals surface area contributed by atoms with Gasteiger partial charge in [0.1, 0.15) is 4.75 Å². The highest BCUT2D eigenvalue weighted by Gasteiger charge is 2.39. The highest BCUT2D eigenvalue weighted by molar-refractivity contribution is 8.00. The topological polar surface area (TPSA) is 35.5 Å². The van der Waals surface area contributed by atoms with Crippen LogP contribution in [-0.4, -0.2) is 23.3 Å². The highest BCUT2D eigenvalue weighted by Crippen LogP contribution is 2.37. The van der Waals surface area contributed by atoms with Crippen LogP contribution in [0.5, 0.6) is 0 Å². The van der Waals surface area contributed by atoms with Crippen LogP contribution < -0.4 is 0 Å². The number of hydrogen-bond donors (Lipinski definition) is 0. The molecule has 0 aliphatic rings. The Kier molecular flexibility index (Phi) is 7.62. The van der Waals surface area contributed by atoms with Gasteiger partial charge >= 0.3 is 5.97 Å². The molecule has 0 spiro atoms. The van der Waals surface area contributed by atoms with E-state index in [0.717, 1.165) is 12.0 Å². The fraction of sp³-hybridized carbons (Fsp3) is 0.632. The fourth-order valence-corrected chi connectivity index (χ4v) is 3.27. The average molecular weight is 339 g/mol. The first-order valence-corrected chi connectivity index (χ1v) is 9.34. The van der Waals surface area contributed by atoms with Crippen LogP contribution in [0.1, 0.15) is 53.0 Å². The van der Waals surface area contributed by atoms with Gasteiger partial charge in [-0.1, -0.05) is 58.0 Å². The number of esters is 1. The van der Waals surface area contributed by atoms with E-state index in [2.05, 4.69) is 20.8 Å². The quantitative estimate of drug-likeness (QED) is 0.491. The molecule has 1 aromatic carbocycles. The lowest BCUT2D eigenvalue weighted by Crippen LogP contribution is -2.39. The van der Waals surface area contributed by atoms with E-state index in [0.29, 0.717) is 13.0 Å². The summed E-state index contributed by atoms with van der Waals surface area (Å²) in [5.74, 6) is -0.195. The zero-order valence-electron chi connectivity index (χ0n) is 15.2. The van der Waals surface area contributed by atoms with Crippen molar-refractivity contribution in [2.75, 3.05) is 6.26 Å². The van der Waals surface area contributed by atoms with E-state index in [1.54, 1.807) is 11.8 Å². The van der Waals surface area contributed by atoms with E-state index in [9.17, 15) is 4.79 Å². The highest BCUT2D eigenvalue weighted by atomic mass is 32.2. The number of benzene rings is 1. The van der Waals surface area contributed by atoms with Crippen LogP contribution in [0.4, 0.5) is 0 Å². The van der Waals surface area contributed by atoms with Crippen LogP contribution in [0.25, 0.3) is 0 Å². The van der Waals surface area contributed by atoms with Crippen LogP contribution in [0.2, 0.25) is 0 Å². The molecule has 2 atom stereocenters. The monoisotopic (exact) mass is 338 g/mol. The van der Waals surface area contributed by atoms with Crippen molar-refractivity contribution >= 4 is 17.7 Å². The molecule has 4 heteroatoms. The number of carbonyl (C=O) groups excluding carboxylic acids is 1. The maximum absolute atomic E-state index is 12.6. The predicted molar refractivity (Wildman–Crippen MR) is 97.4 cm³/mol. The second kappa shape index (κ2) is 8.74. The van der Waals surface area contributed by atoms with Gasteiger partial charge in [0.2, 0.25) is 6.29 Å². The summed E-state index contributed by atoms with van der Waals surface area (Å²) in [5.41, 5.74) is 1.13. The van der Waals surface area contributed by atoms with Crippen molar-refractivity contribution in [2.24, 2.45) is 5.41 Å². The number of carbonyl (C=O) groups is 1. The molecule has 0 aromatic heterocycles. The molecule has 0 N–H and O–H groups in total. The largest absolute Gasteiger partial charge is 0.435 e. The summed E-state index contributed by atoms with van der Waals surface area (Å²) in [6.07, 6.45) is 2.85. The van der Waals surface area contributed by atoms with Gasteiger partial charge < -0.3 is 9.47 Å². The molecule has 0 aliphatic heterocycles. The first-order valence-electron chi connectivity index (χ1n) is 8.12. The summed E-state index contributed by atoms with van der Waals surface area (Å²) in [6.45, 7) is 10.8. The van der Waals surface area contributed by atoms with Gasteiger partial charge in [0.15, 0.2) is 0 Å². The minimum absolute atomic E-state index is 0.0589. The standard InChI is InChI=1S/C19H30O3S/c1-7-16(21-13-15-11-9-8-10-12-15)22-17(20)19(5,23-6)14-18(2,3)4/h8-12,16H,7,13-14H2,1-6H3. The molecule has 23 heavy (non-hydrogen) atoms. The van der Waals surface area contributed by atoms with Gasteiger partial charge in [0, 0.05) is 6.42 Å². The Morgan fingerprint density at radius 3 is 2.26 bits per heavy atom. The van der Waals surface area contributed by atoms with E-state index in [1.807, 2.05) is 50.4 Å². The number of hydrogen-bond acceptors (Lipinski definition) is 4. The zero-order chi connectivity index (χ0) is 17.5. The van der Waals surface area contributed by atoms with E-state index in [4.69, 9.17) is 9.47 Å². The van der Waals surface area contributed by atoms with Gasteiger partial charge in [-0.2, -0.15) is 0 Å². The van der Waals surface area contributed by atoms with Crippen LogP contribution in [-0.2, 0) is 20.9 Å². The molecule has 0 radical (unpaired) electrons. The van der Waals surface area contributed by atoms with E-state index in [-0.39, 0.29) is 11.4 Å². The van der Waals surface area contributed by atoms with Gasteiger partial charge in [-0.15, -0.1) is 11.8 Å². The summed E-state index contributed by atoms with van der Waals surface area (Å²) in [4.78, 5) is 12.6. The van der Waals surface area contributed by atoms with E-state index < -0.39 is 11.0 Å². The van der Waals surface area contributed by atoms with Gasteiger partial charge in [-0.25, -0.2) is 0 Å². The molecule has 0 saturated carbocycles. The molecule has 130 valence electrons. The molecule has 0 bridgehead atoms. The van der Waals surface area contributed by atoms with E-state index >= 15 is 0 Å². The second-order valence-electron chi connectivity index (χ2n) is 7.21. The summed E-state index contributed by atoms with van der Waals surface area (Å²) < 4.78 is 10.9. The molecule has 3 nitrogen and oxygen atoms in total. The Bertz CT molecular complexity index is 481. The zero-order valence-corrected chi connectivity index (χ0v) is 16.0.